The van der Waals surface area contributed by atoms with E-state index in [-0.39, 0.29) is 0 Å². The normalized spacial score (nSPS) is 26.2. The molecule has 3 rings (SSSR count). The fraction of sp³-hybridized carbons (Fsp3) is 0.688. The number of pyridine rings is 1. The third-order valence-corrected chi connectivity index (χ3v) is 4.49. The number of rotatable bonds is 6. The summed E-state index contributed by atoms with van der Waals surface area (Å²) in [4.78, 5) is 7.43. The molecule has 1 aliphatic carbocycles. The third kappa shape index (κ3) is 3.15. The van der Waals surface area contributed by atoms with Gasteiger partial charge in [0.2, 0.25) is 0 Å². The molecule has 104 valence electrons. The van der Waals surface area contributed by atoms with Gasteiger partial charge in [-0.1, -0.05) is 13.0 Å². The van der Waals surface area contributed by atoms with Crippen LogP contribution >= 0.6 is 0 Å². The number of aromatic nitrogens is 1. The van der Waals surface area contributed by atoms with Crippen LogP contribution in [0.3, 0.4) is 0 Å². The Kier molecular flexibility index (Phi) is 4.14. The zero-order chi connectivity index (χ0) is 13.1. The summed E-state index contributed by atoms with van der Waals surface area (Å²) in [6.07, 6.45) is 5.46. The van der Waals surface area contributed by atoms with Crippen molar-refractivity contribution >= 4 is 0 Å². The number of nitrogens with zero attached hydrogens (tertiary/aromatic N) is 2. The maximum Gasteiger partial charge on any atom is 0.0547 e. The Balaban J connectivity index is 1.57. The van der Waals surface area contributed by atoms with Crippen LogP contribution < -0.4 is 5.32 Å². The molecular formula is C16H25N3. The van der Waals surface area contributed by atoms with Crippen LogP contribution in [0.2, 0.25) is 0 Å². The summed E-state index contributed by atoms with van der Waals surface area (Å²) in [6.45, 7) is 6.50. The highest BCUT2D eigenvalue weighted by atomic mass is 15.2. The van der Waals surface area contributed by atoms with Crippen molar-refractivity contribution in [1.82, 2.24) is 15.2 Å². The largest absolute Gasteiger partial charge is 0.311 e. The van der Waals surface area contributed by atoms with E-state index in [4.69, 9.17) is 4.98 Å². The third-order valence-electron chi connectivity index (χ3n) is 4.49. The van der Waals surface area contributed by atoms with Gasteiger partial charge in [-0.2, -0.15) is 0 Å². The van der Waals surface area contributed by atoms with Gasteiger partial charge >= 0.3 is 0 Å². The molecule has 1 aliphatic heterocycles. The average Bonchev–Trinajstić information content (AvgIpc) is 3.02. The number of hydrogen-bond acceptors (Lipinski definition) is 3. The van der Waals surface area contributed by atoms with Crippen LogP contribution in [0.15, 0.2) is 18.2 Å². The van der Waals surface area contributed by atoms with Crippen molar-refractivity contribution in [2.45, 2.75) is 51.7 Å². The van der Waals surface area contributed by atoms with E-state index in [0.29, 0.717) is 0 Å². The lowest BCUT2D eigenvalue weighted by Gasteiger charge is -2.26. The molecule has 1 N–H and O–H groups in total. The molecule has 0 aromatic carbocycles. The van der Waals surface area contributed by atoms with Gasteiger partial charge in [0.05, 0.1) is 11.4 Å². The predicted octanol–water partition coefficient (Wildman–Crippen LogP) is 2.57. The fourth-order valence-electron chi connectivity index (χ4n) is 3.54. The first-order valence-corrected chi connectivity index (χ1v) is 7.74. The Morgan fingerprint density at radius 1 is 1.32 bits per heavy atom. The number of hydrogen-bond donors (Lipinski definition) is 1. The van der Waals surface area contributed by atoms with Crippen molar-refractivity contribution in [3.8, 4) is 0 Å². The van der Waals surface area contributed by atoms with E-state index in [9.17, 15) is 0 Å². The van der Waals surface area contributed by atoms with Crippen molar-refractivity contribution in [2.24, 2.45) is 5.92 Å². The zero-order valence-corrected chi connectivity index (χ0v) is 11.9. The quantitative estimate of drug-likeness (QED) is 0.796. The molecule has 0 radical (unpaired) electrons. The SMILES string of the molecule is CCCNCc1cccc(CN2CC3CCC2C3)n1. The van der Waals surface area contributed by atoms with E-state index in [1.165, 1.54) is 43.6 Å². The lowest BCUT2D eigenvalue weighted by atomic mass is 10.1. The predicted molar refractivity (Wildman–Crippen MR) is 77.8 cm³/mol. The van der Waals surface area contributed by atoms with Crippen LogP contribution in [0, 0.1) is 5.92 Å². The summed E-state index contributed by atoms with van der Waals surface area (Å²) in [5, 5.41) is 3.42. The van der Waals surface area contributed by atoms with Crippen molar-refractivity contribution in [2.75, 3.05) is 13.1 Å². The van der Waals surface area contributed by atoms with Gasteiger partial charge in [-0.05, 0) is 50.3 Å². The highest BCUT2D eigenvalue weighted by molar-refractivity contribution is 5.12. The van der Waals surface area contributed by atoms with Crippen LogP contribution in [0.25, 0.3) is 0 Å². The Hall–Kier alpha value is -0.930. The van der Waals surface area contributed by atoms with Crippen LogP contribution in [-0.4, -0.2) is 29.0 Å². The van der Waals surface area contributed by atoms with Crippen LogP contribution in [0.1, 0.15) is 44.0 Å². The molecular weight excluding hydrogens is 234 g/mol. The Morgan fingerprint density at radius 2 is 2.21 bits per heavy atom. The molecule has 2 unspecified atom stereocenters. The number of nitrogens with one attached hydrogen (secondary N) is 1. The maximum absolute atomic E-state index is 4.79. The lowest BCUT2D eigenvalue weighted by molar-refractivity contribution is 0.203. The van der Waals surface area contributed by atoms with Gasteiger partial charge in [-0.3, -0.25) is 9.88 Å². The Bertz CT molecular complexity index is 418. The van der Waals surface area contributed by atoms with Crippen molar-refractivity contribution in [3.05, 3.63) is 29.6 Å². The summed E-state index contributed by atoms with van der Waals surface area (Å²) in [5.41, 5.74) is 2.42. The highest BCUT2D eigenvalue weighted by Gasteiger charge is 2.37. The summed E-state index contributed by atoms with van der Waals surface area (Å²) in [7, 11) is 0. The number of fused-ring (bicyclic) bond motifs is 2. The molecule has 1 aromatic heterocycles. The minimum atomic E-state index is 0.841. The molecule has 2 bridgehead atoms. The Labute approximate surface area is 116 Å². The Morgan fingerprint density at radius 3 is 2.95 bits per heavy atom. The first kappa shape index (κ1) is 13.1. The molecule has 0 amide bonds. The van der Waals surface area contributed by atoms with Gasteiger partial charge in [0.25, 0.3) is 0 Å². The van der Waals surface area contributed by atoms with E-state index in [0.717, 1.165) is 31.6 Å². The van der Waals surface area contributed by atoms with E-state index in [1.807, 2.05) is 0 Å². The van der Waals surface area contributed by atoms with Gasteiger partial charge < -0.3 is 5.32 Å². The van der Waals surface area contributed by atoms with E-state index < -0.39 is 0 Å². The molecule has 2 aliphatic rings. The summed E-state index contributed by atoms with van der Waals surface area (Å²) >= 11 is 0. The minimum absolute atomic E-state index is 0.841. The van der Waals surface area contributed by atoms with Gasteiger partial charge in [0.1, 0.15) is 0 Å². The molecule has 0 spiro atoms. The molecule has 2 fully saturated rings. The van der Waals surface area contributed by atoms with Crippen LogP contribution in [0.5, 0.6) is 0 Å². The van der Waals surface area contributed by atoms with Crippen molar-refractivity contribution in [1.29, 1.82) is 0 Å². The standard InChI is InChI=1S/C16H25N3/c1-2-8-17-10-14-4-3-5-15(18-14)12-19-11-13-6-7-16(19)9-13/h3-5,13,16-17H,2,6-12H2,1H3. The second-order valence-electron chi connectivity index (χ2n) is 6.06. The van der Waals surface area contributed by atoms with Gasteiger partial charge in [0, 0.05) is 25.7 Å². The first-order valence-electron chi connectivity index (χ1n) is 7.74. The highest BCUT2D eigenvalue weighted by Crippen LogP contribution is 2.37. The monoisotopic (exact) mass is 259 g/mol. The van der Waals surface area contributed by atoms with Crippen LogP contribution in [0.4, 0.5) is 0 Å². The van der Waals surface area contributed by atoms with Crippen molar-refractivity contribution in [3.63, 3.8) is 0 Å². The molecule has 1 saturated heterocycles. The average molecular weight is 259 g/mol. The van der Waals surface area contributed by atoms with Gasteiger partial charge in [0.15, 0.2) is 0 Å². The lowest BCUT2D eigenvalue weighted by Crippen LogP contribution is -2.31. The second-order valence-corrected chi connectivity index (χ2v) is 6.06. The molecule has 19 heavy (non-hydrogen) atoms. The van der Waals surface area contributed by atoms with Crippen molar-refractivity contribution < 1.29 is 0 Å². The summed E-state index contributed by atoms with van der Waals surface area (Å²) in [5.74, 6) is 0.972. The molecule has 1 saturated carbocycles. The smallest absolute Gasteiger partial charge is 0.0547 e. The van der Waals surface area contributed by atoms with E-state index >= 15 is 0 Å². The molecule has 2 atom stereocenters. The van der Waals surface area contributed by atoms with E-state index in [1.54, 1.807) is 0 Å². The van der Waals surface area contributed by atoms with Gasteiger partial charge in [-0.25, -0.2) is 0 Å². The summed E-state index contributed by atoms with van der Waals surface area (Å²) in [6, 6.07) is 7.30. The molecule has 2 heterocycles. The minimum Gasteiger partial charge on any atom is -0.311 e. The van der Waals surface area contributed by atoms with Gasteiger partial charge in [-0.15, -0.1) is 0 Å². The number of piperidine rings is 1. The molecule has 1 aromatic rings. The first-order chi connectivity index (χ1) is 9.35. The maximum atomic E-state index is 4.79. The number of likely N-dealkylation sites (tertiary alicyclic amines) is 1. The zero-order valence-electron chi connectivity index (χ0n) is 11.9. The molecule has 3 heteroatoms. The van der Waals surface area contributed by atoms with E-state index in [2.05, 4.69) is 35.3 Å². The topological polar surface area (TPSA) is 28.2 Å². The fourth-order valence-corrected chi connectivity index (χ4v) is 3.54. The summed E-state index contributed by atoms with van der Waals surface area (Å²) < 4.78 is 0. The molecule has 3 nitrogen and oxygen atoms in total. The van der Waals surface area contributed by atoms with Crippen LogP contribution in [-0.2, 0) is 13.1 Å². The second kappa shape index (κ2) is 6.02.